The lowest BCUT2D eigenvalue weighted by Gasteiger charge is -2.32. The summed E-state index contributed by atoms with van der Waals surface area (Å²) in [6.07, 6.45) is 0.892. The number of fused-ring (bicyclic) bond motifs is 1. The van der Waals surface area contributed by atoms with Crippen molar-refractivity contribution in [2.24, 2.45) is 0 Å². The highest BCUT2D eigenvalue weighted by Gasteiger charge is 2.13. The van der Waals surface area contributed by atoms with Gasteiger partial charge in [0.1, 0.15) is 5.69 Å². The van der Waals surface area contributed by atoms with Crippen LogP contribution < -0.4 is 10.7 Å². The van der Waals surface area contributed by atoms with E-state index in [4.69, 9.17) is 11.6 Å². The summed E-state index contributed by atoms with van der Waals surface area (Å²) in [6.45, 7) is 5.89. The highest BCUT2D eigenvalue weighted by molar-refractivity contribution is 6.31. The predicted molar refractivity (Wildman–Crippen MR) is 100 cm³/mol. The number of H-pyrrole nitrogens is 1. The van der Waals surface area contributed by atoms with Crippen LogP contribution in [0.4, 0.5) is 0 Å². The van der Waals surface area contributed by atoms with Gasteiger partial charge in [-0.2, -0.15) is 0 Å². The lowest BCUT2D eigenvalue weighted by molar-refractivity contribution is 0.0944. The van der Waals surface area contributed by atoms with Gasteiger partial charge >= 0.3 is 0 Å². The van der Waals surface area contributed by atoms with Gasteiger partial charge in [-0.3, -0.25) is 9.59 Å². The third-order valence-corrected chi connectivity index (χ3v) is 4.80. The standard InChI is InChI=1S/C18H23ClN4O2/c1-22-7-9-23(10-8-22)6-2-5-20-18(25)16-12-17(24)14-11-13(19)3-4-15(14)21-16/h3-4,11-12H,2,5-10H2,1H3,(H,20,25)(H,21,24). The summed E-state index contributed by atoms with van der Waals surface area (Å²) in [7, 11) is 2.13. The molecule has 7 heteroatoms. The van der Waals surface area contributed by atoms with Crippen molar-refractivity contribution in [1.29, 1.82) is 0 Å². The van der Waals surface area contributed by atoms with Crippen LogP contribution in [0, 0.1) is 0 Å². The Labute approximate surface area is 151 Å². The summed E-state index contributed by atoms with van der Waals surface area (Å²) in [5.41, 5.74) is 0.678. The second-order valence-corrected chi connectivity index (χ2v) is 6.93. The van der Waals surface area contributed by atoms with Gasteiger partial charge in [-0.05, 0) is 38.2 Å². The maximum absolute atomic E-state index is 12.3. The van der Waals surface area contributed by atoms with Crippen LogP contribution in [0.25, 0.3) is 10.9 Å². The third kappa shape index (κ3) is 4.60. The number of amides is 1. The van der Waals surface area contributed by atoms with E-state index in [1.165, 1.54) is 6.07 Å². The van der Waals surface area contributed by atoms with Crippen LogP contribution in [0.5, 0.6) is 0 Å². The Morgan fingerprint density at radius 2 is 2.00 bits per heavy atom. The van der Waals surface area contributed by atoms with Crippen LogP contribution in [0.15, 0.2) is 29.1 Å². The van der Waals surface area contributed by atoms with Crippen LogP contribution in [0.2, 0.25) is 5.02 Å². The number of benzene rings is 1. The van der Waals surface area contributed by atoms with Gasteiger partial charge in [-0.1, -0.05) is 11.6 Å². The van der Waals surface area contributed by atoms with E-state index in [1.807, 2.05) is 0 Å². The fourth-order valence-corrected chi connectivity index (χ4v) is 3.19. The molecule has 1 aromatic carbocycles. The molecule has 1 aromatic heterocycles. The van der Waals surface area contributed by atoms with E-state index in [9.17, 15) is 9.59 Å². The first-order valence-corrected chi connectivity index (χ1v) is 8.92. The molecule has 1 amide bonds. The van der Waals surface area contributed by atoms with E-state index in [-0.39, 0.29) is 17.0 Å². The molecule has 0 radical (unpaired) electrons. The van der Waals surface area contributed by atoms with E-state index in [0.29, 0.717) is 22.5 Å². The average Bonchev–Trinajstić information content (AvgIpc) is 2.60. The predicted octanol–water partition coefficient (Wildman–Crippen LogP) is 1.55. The average molecular weight is 363 g/mol. The number of nitrogens with one attached hydrogen (secondary N) is 2. The van der Waals surface area contributed by atoms with E-state index < -0.39 is 0 Å². The van der Waals surface area contributed by atoms with E-state index in [0.717, 1.165) is 39.1 Å². The molecule has 134 valence electrons. The number of halogens is 1. The maximum Gasteiger partial charge on any atom is 0.267 e. The molecule has 1 aliphatic heterocycles. The minimum absolute atomic E-state index is 0.209. The second kappa shape index (κ2) is 7.99. The molecule has 3 rings (SSSR count). The van der Waals surface area contributed by atoms with Gasteiger partial charge in [0, 0.05) is 54.7 Å². The van der Waals surface area contributed by atoms with Crippen LogP contribution in [0.3, 0.4) is 0 Å². The first kappa shape index (κ1) is 17.9. The van der Waals surface area contributed by atoms with Crippen LogP contribution in [-0.2, 0) is 0 Å². The number of hydrogen-bond donors (Lipinski definition) is 2. The molecule has 0 aliphatic carbocycles. The Balaban J connectivity index is 1.54. The van der Waals surface area contributed by atoms with Crippen molar-refractivity contribution in [3.05, 3.63) is 45.2 Å². The number of rotatable bonds is 5. The van der Waals surface area contributed by atoms with Gasteiger partial charge in [0.25, 0.3) is 5.91 Å². The van der Waals surface area contributed by atoms with Crippen molar-refractivity contribution >= 4 is 28.4 Å². The molecule has 0 saturated carbocycles. The fourth-order valence-electron chi connectivity index (χ4n) is 3.01. The largest absolute Gasteiger partial charge is 0.351 e. The summed E-state index contributed by atoms with van der Waals surface area (Å²) in [5.74, 6) is -0.257. The number of aromatic nitrogens is 1. The molecule has 2 N–H and O–H groups in total. The summed E-state index contributed by atoms with van der Waals surface area (Å²) >= 11 is 5.91. The quantitative estimate of drug-likeness (QED) is 0.792. The first-order chi connectivity index (χ1) is 12.0. The maximum atomic E-state index is 12.3. The number of pyridine rings is 1. The van der Waals surface area contributed by atoms with E-state index in [2.05, 4.69) is 27.1 Å². The van der Waals surface area contributed by atoms with Crippen LogP contribution in [-0.4, -0.2) is 67.0 Å². The van der Waals surface area contributed by atoms with E-state index >= 15 is 0 Å². The number of aromatic amines is 1. The van der Waals surface area contributed by atoms with Crippen LogP contribution in [0.1, 0.15) is 16.9 Å². The molecule has 6 nitrogen and oxygen atoms in total. The number of carbonyl (C=O) groups excluding carboxylic acids is 1. The zero-order valence-corrected chi connectivity index (χ0v) is 15.1. The van der Waals surface area contributed by atoms with Crippen molar-refractivity contribution in [3.63, 3.8) is 0 Å². The minimum atomic E-state index is -0.257. The molecule has 0 unspecified atom stereocenters. The van der Waals surface area contributed by atoms with Gasteiger partial charge in [0.15, 0.2) is 5.43 Å². The molecule has 0 atom stereocenters. The molecule has 25 heavy (non-hydrogen) atoms. The summed E-state index contributed by atoms with van der Waals surface area (Å²) in [5, 5.41) is 3.86. The highest BCUT2D eigenvalue weighted by Crippen LogP contribution is 2.15. The summed E-state index contributed by atoms with van der Waals surface area (Å²) in [4.78, 5) is 32.2. The third-order valence-electron chi connectivity index (χ3n) is 4.57. The van der Waals surface area contributed by atoms with Crippen molar-refractivity contribution in [3.8, 4) is 0 Å². The SMILES string of the molecule is CN1CCN(CCCNC(=O)c2cc(=O)c3cc(Cl)ccc3[nH]2)CC1. The van der Waals surface area contributed by atoms with Crippen molar-refractivity contribution in [2.75, 3.05) is 46.3 Å². The molecule has 1 aliphatic rings. The zero-order chi connectivity index (χ0) is 17.8. The summed E-state index contributed by atoms with van der Waals surface area (Å²) in [6, 6.07) is 6.34. The Morgan fingerprint density at radius 1 is 1.24 bits per heavy atom. The number of nitrogens with zero attached hydrogens (tertiary/aromatic N) is 2. The highest BCUT2D eigenvalue weighted by atomic mass is 35.5. The zero-order valence-electron chi connectivity index (χ0n) is 14.3. The van der Waals surface area contributed by atoms with Crippen LogP contribution >= 0.6 is 11.6 Å². The molecule has 1 fully saturated rings. The van der Waals surface area contributed by atoms with Crippen molar-refractivity contribution < 1.29 is 4.79 Å². The molecule has 0 bridgehead atoms. The van der Waals surface area contributed by atoms with E-state index in [1.54, 1.807) is 18.2 Å². The smallest absolute Gasteiger partial charge is 0.267 e. The summed E-state index contributed by atoms with van der Waals surface area (Å²) < 4.78 is 0. The lowest BCUT2D eigenvalue weighted by Crippen LogP contribution is -2.45. The molecule has 2 heterocycles. The normalized spacial score (nSPS) is 16.2. The van der Waals surface area contributed by atoms with Gasteiger partial charge in [-0.25, -0.2) is 0 Å². The topological polar surface area (TPSA) is 68.4 Å². The van der Waals surface area contributed by atoms with Gasteiger partial charge in [0.05, 0.1) is 0 Å². The Hall–Kier alpha value is -1.89. The van der Waals surface area contributed by atoms with Crippen molar-refractivity contribution in [1.82, 2.24) is 20.1 Å². The Bertz CT molecular complexity index is 812. The molecule has 2 aromatic rings. The minimum Gasteiger partial charge on any atom is -0.351 e. The second-order valence-electron chi connectivity index (χ2n) is 6.49. The monoisotopic (exact) mass is 362 g/mol. The molecule has 1 saturated heterocycles. The first-order valence-electron chi connectivity index (χ1n) is 8.54. The number of hydrogen-bond acceptors (Lipinski definition) is 4. The Morgan fingerprint density at radius 3 is 2.76 bits per heavy atom. The molecule has 0 spiro atoms. The number of piperazine rings is 1. The molecular formula is C18H23ClN4O2. The lowest BCUT2D eigenvalue weighted by atomic mass is 10.2. The fraction of sp³-hybridized carbons (Fsp3) is 0.444. The van der Waals surface area contributed by atoms with Gasteiger partial charge in [0.2, 0.25) is 0 Å². The molecular weight excluding hydrogens is 340 g/mol. The number of carbonyl (C=O) groups is 1. The van der Waals surface area contributed by atoms with Crippen molar-refractivity contribution in [2.45, 2.75) is 6.42 Å². The van der Waals surface area contributed by atoms with Gasteiger partial charge < -0.3 is 20.1 Å². The Kier molecular flexibility index (Phi) is 5.73. The number of likely N-dealkylation sites (N-methyl/N-ethyl adjacent to an activating group) is 1. The van der Waals surface area contributed by atoms with Gasteiger partial charge in [-0.15, -0.1) is 0 Å².